The largest absolute Gasteiger partial charge is 0.466 e. The molecule has 0 heterocycles. The van der Waals surface area contributed by atoms with Gasteiger partial charge in [-0.25, -0.2) is 0 Å². The third-order valence-electron chi connectivity index (χ3n) is 7.47. The van der Waals surface area contributed by atoms with Crippen LogP contribution in [-0.2, 0) is 33.5 Å². The molecule has 0 spiro atoms. The second-order valence-electron chi connectivity index (χ2n) is 11.2. The number of carbonyl (C=O) groups is 1. The lowest BCUT2D eigenvalue weighted by atomic mass is 9.88. The van der Waals surface area contributed by atoms with Crippen LogP contribution in [0, 0.1) is 12.8 Å². The Morgan fingerprint density at radius 2 is 1.81 bits per heavy atom. The maximum absolute atomic E-state index is 12.0. The van der Waals surface area contributed by atoms with Gasteiger partial charge in [-0.3, -0.25) is 4.79 Å². The molecule has 5 heteroatoms. The van der Waals surface area contributed by atoms with Crippen molar-refractivity contribution in [3.05, 3.63) is 70.3 Å². The smallest absolute Gasteiger partial charge is 0.306 e. The number of aliphatic hydroxyl groups is 1. The van der Waals surface area contributed by atoms with Gasteiger partial charge in [0.05, 0.1) is 25.4 Å². The number of ether oxygens (including phenoxy) is 2. The van der Waals surface area contributed by atoms with Crippen LogP contribution in [-0.4, -0.2) is 42.5 Å². The lowest BCUT2D eigenvalue weighted by Gasteiger charge is -2.31. The van der Waals surface area contributed by atoms with Crippen molar-refractivity contribution < 1.29 is 19.4 Å². The second-order valence-corrected chi connectivity index (χ2v) is 11.2. The summed E-state index contributed by atoms with van der Waals surface area (Å²) in [7, 11) is 0. The van der Waals surface area contributed by atoms with Crippen LogP contribution in [0.2, 0.25) is 0 Å². The molecule has 0 fully saturated rings. The van der Waals surface area contributed by atoms with Gasteiger partial charge >= 0.3 is 5.97 Å². The van der Waals surface area contributed by atoms with Crippen LogP contribution in [0.3, 0.4) is 0 Å². The summed E-state index contributed by atoms with van der Waals surface area (Å²) < 4.78 is 11.4. The number of aliphatic hydroxyl groups excluding tert-OH is 1. The van der Waals surface area contributed by atoms with Gasteiger partial charge in [0.15, 0.2) is 0 Å². The number of carbonyl (C=O) groups excluding carboxylic acids is 1. The number of esters is 1. The zero-order chi connectivity index (χ0) is 26.8. The SMILES string of the molecule is CCCC(OC[C@H](O)CNC(C)(C)CC1Cc2ccccc2C1)c1cccc(C)c1CCC(=O)OCC. The quantitative estimate of drug-likeness (QED) is 0.293. The van der Waals surface area contributed by atoms with Gasteiger partial charge in [0, 0.05) is 18.5 Å². The van der Waals surface area contributed by atoms with E-state index in [4.69, 9.17) is 9.47 Å². The zero-order valence-electron chi connectivity index (χ0n) is 23.5. The van der Waals surface area contributed by atoms with Gasteiger partial charge in [-0.15, -0.1) is 0 Å². The monoisotopic (exact) mass is 509 g/mol. The summed E-state index contributed by atoms with van der Waals surface area (Å²) in [6, 6.07) is 15.0. The molecule has 2 aromatic rings. The zero-order valence-corrected chi connectivity index (χ0v) is 23.5. The number of benzene rings is 2. The van der Waals surface area contributed by atoms with E-state index in [1.165, 1.54) is 11.1 Å². The molecule has 2 atom stereocenters. The fourth-order valence-corrected chi connectivity index (χ4v) is 5.69. The van der Waals surface area contributed by atoms with Crippen LogP contribution in [0.15, 0.2) is 42.5 Å². The van der Waals surface area contributed by atoms with Gasteiger partial charge in [-0.1, -0.05) is 55.8 Å². The van der Waals surface area contributed by atoms with Gasteiger partial charge in [0.2, 0.25) is 0 Å². The topological polar surface area (TPSA) is 67.8 Å². The third-order valence-corrected chi connectivity index (χ3v) is 7.47. The molecule has 5 nitrogen and oxygen atoms in total. The van der Waals surface area contributed by atoms with E-state index in [0.29, 0.717) is 31.9 Å². The molecule has 0 aliphatic heterocycles. The molecule has 0 saturated carbocycles. The predicted octanol–water partition coefficient (Wildman–Crippen LogP) is 5.88. The van der Waals surface area contributed by atoms with Crippen molar-refractivity contribution in [2.75, 3.05) is 19.8 Å². The highest BCUT2D eigenvalue weighted by atomic mass is 16.5. The van der Waals surface area contributed by atoms with E-state index in [9.17, 15) is 9.90 Å². The summed E-state index contributed by atoms with van der Waals surface area (Å²) >= 11 is 0. The van der Waals surface area contributed by atoms with Gasteiger partial charge in [-0.05, 0) is 93.5 Å². The number of fused-ring (bicyclic) bond motifs is 1. The molecular formula is C32H47NO4. The molecule has 1 aliphatic carbocycles. The summed E-state index contributed by atoms with van der Waals surface area (Å²) in [6.07, 6.45) is 5.48. The number of hydrogen-bond acceptors (Lipinski definition) is 5. The Labute approximate surface area is 224 Å². The molecule has 0 radical (unpaired) electrons. The molecule has 1 aliphatic rings. The molecule has 2 N–H and O–H groups in total. The fraction of sp³-hybridized carbons (Fsp3) is 0.594. The standard InChI is InChI=1S/C32H47NO4/c1-6-11-30(29-15-10-12-23(3)28(29)16-17-31(35)36-7-2)37-22-27(34)21-33-32(4,5)20-24-18-25-13-8-9-14-26(25)19-24/h8-10,12-15,24,27,30,33-34H,6-7,11,16-22H2,1-5H3/t27-,30?/m1/s1. The molecule has 0 aromatic heterocycles. The Morgan fingerprint density at radius 1 is 1.11 bits per heavy atom. The molecule has 204 valence electrons. The van der Waals surface area contributed by atoms with Crippen LogP contribution in [0.5, 0.6) is 0 Å². The van der Waals surface area contributed by atoms with Gasteiger partial charge < -0.3 is 19.9 Å². The highest BCUT2D eigenvalue weighted by molar-refractivity contribution is 5.69. The van der Waals surface area contributed by atoms with Crippen molar-refractivity contribution in [3.8, 4) is 0 Å². The Morgan fingerprint density at radius 3 is 2.46 bits per heavy atom. The van der Waals surface area contributed by atoms with E-state index < -0.39 is 6.10 Å². The number of rotatable bonds is 15. The van der Waals surface area contributed by atoms with E-state index in [2.05, 4.69) is 69.4 Å². The maximum Gasteiger partial charge on any atom is 0.306 e. The maximum atomic E-state index is 12.0. The van der Waals surface area contributed by atoms with E-state index in [1.54, 1.807) is 0 Å². The van der Waals surface area contributed by atoms with Crippen LogP contribution in [0.25, 0.3) is 0 Å². The number of nitrogens with one attached hydrogen (secondary N) is 1. The van der Waals surface area contributed by atoms with Crippen LogP contribution < -0.4 is 5.32 Å². The molecule has 2 aromatic carbocycles. The number of aryl methyl sites for hydroxylation is 1. The van der Waals surface area contributed by atoms with Crippen LogP contribution >= 0.6 is 0 Å². The Balaban J connectivity index is 1.52. The summed E-state index contributed by atoms with van der Waals surface area (Å²) in [4.78, 5) is 12.0. The summed E-state index contributed by atoms with van der Waals surface area (Å²) in [5.41, 5.74) is 6.33. The van der Waals surface area contributed by atoms with E-state index >= 15 is 0 Å². The highest BCUT2D eigenvalue weighted by Crippen LogP contribution is 2.32. The number of hydrogen-bond donors (Lipinski definition) is 2. The Bertz CT molecular complexity index is 977. The molecule has 0 saturated heterocycles. The van der Waals surface area contributed by atoms with Crippen LogP contribution in [0.4, 0.5) is 0 Å². The van der Waals surface area contributed by atoms with Crippen molar-refractivity contribution in [3.63, 3.8) is 0 Å². The fourth-order valence-electron chi connectivity index (χ4n) is 5.69. The lowest BCUT2D eigenvalue weighted by Crippen LogP contribution is -2.45. The minimum absolute atomic E-state index is 0.0622. The molecule has 0 amide bonds. The molecule has 1 unspecified atom stereocenters. The summed E-state index contributed by atoms with van der Waals surface area (Å²) in [6.45, 7) is 11.7. The molecule has 0 bridgehead atoms. The van der Waals surface area contributed by atoms with E-state index in [-0.39, 0.29) is 24.2 Å². The predicted molar refractivity (Wildman–Crippen MR) is 150 cm³/mol. The normalized spacial score (nSPS) is 15.4. The van der Waals surface area contributed by atoms with Crippen LogP contribution in [0.1, 0.15) is 87.3 Å². The van der Waals surface area contributed by atoms with E-state index in [1.807, 2.05) is 13.0 Å². The first-order chi connectivity index (χ1) is 17.7. The van der Waals surface area contributed by atoms with Gasteiger partial charge in [0.1, 0.15) is 0 Å². The average Bonchev–Trinajstić information content (AvgIpc) is 3.26. The van der Waals surface area contributed by atoms with Gasteiger partial charge in [0.25, 0.3) is 0 Å². The molecule has 3 rings (SSSR count). The first-order valence-electron chi connectivity index (χ1n) is 14.1. The van der Waals surface area contributed by atoms with Crippen molar-refractivity contribution >= 4 is 5.97 Å². The lowest BCUT2D eigenvalue weighted by molar-refractivity contribution is -0.143. The minimum atomic E-state index is -0.591. The first-order valence-corrected chi connectivity index (χ1v) is 14.1. The minimum Gasteiger partial charge on any atom is -0.466 e. The molecular weight excluding hydrogens is 462 g/mol. The summed E-state index contributed by atoms with van der Waals surface area (Å²) in [5, 5.41) is 14.4. The Kier molecular flexibility index (Phi) is 11.2. The van der Waals surface area contributed by atoms with Crippen molar-refractivity contribution in [1.29, 1.82) is 0 Å². The van der Waals surface area contributed by atoms with Crippen molar-refractivity contribution in [2.45, 2.75) is 97.3 Å². The average molecular weight is 510 g/mol. The summed E-state index contributed by atoms with van der Waals surface area (Å²) in [5.74, 6) is 0.465. The number of β-amino-alcohol motifs (C(OH)–C–C–N with tert-alkyl or cyclic N) is 1. The second kappa shape index (κ2) is 14.1. The highest BCUT2D eigenvalue weighted by Gasteiger charge is 2.28. The molecule has 37 heavy (non-hydrogen) atoms. The van der Waals surface area contributed by atoms with Crippen molar-refractivity contribution in [2.24, 2.45) is 5.92 Å². The first kappa shape index (κ1) is 29.3. The van der Waals surface area contributed by atoms with Gasteiger partial charge in [-0.2, -0.15) is 0 Å². The third kappa shape index (κ3) is 8.94. The van der Waals surface area contributed by atoms with E-state index in [0.717, 1.165) is 48.8 Å². The Hall–Kier alpha value is -2.21. The van der Waals surface area contributed by atoms with Crippen molar-refractivity contribution in [1.82, 2.24) is 5.32 Å².